The number of benzene rings is 1. The molecule has 0 saturated carbocycles. The van der Waals surface area contributed by atoms with Crippen molar-refractivity contribution in [3.05, 3.63) is 48.2 Å². The maximum absolute atomic E-state index is 13.2. The maximum Gasteiger partial charge on any atom is 0.260 e. The molecule has 2 heterocycles. The first-order valence-corrected chi connectivity index (χ1v) is 9.45. The number of aromatic nitrogens is 1. The molecule has 7 heteroatoms. The molecule has 0 N–H and O–H groups in total. The van der Waals surface area contributed by atoms with Gasteiger partial charge in [0.25, 0.3) is 5.91 Å². The second-order valence-electron chi connectivity index (χ2n) is 6.59. The van der Waals surface area contributed by atoms with E-state index < -0.39 is 0 Å². The van der Waals surface area contributed by atoms with E-state index in [-0.39, 0.29) is 24.2 Å². The molecule has 0 unspecified atom stereocenters. The van der Waals surface area contributed by atoms with Gasteiger partial charge in [-0.25, -0.2) is 4.98 Å². The summed E-state index contributed by atoms with van der Waals surface area (Å²) in [7, 11) is 1.72. The number of carbonyl (C=O) groups excluding carboxylic acids is 2. The molecule has 0 radical (unpaired) electrons. The van der Waals surface area contributed by atoms with Crippen LogP contribution in [0.25, 0.3) is 0 Å². The molecule has 1 aromatic heterocycles. The first kappa shape index (κ1) is 21.9. The molecule has 1 aliphatic rings. The summed E-state index contributed by atoms with van der Waals surface area (Å²) in [5, 5.41) is 0. The van der Waals surface area contributed by atoms with Crippen LogP contribution in [0.3, 0.4) is 0 Å². The molecule has 28 heavy (non-hydrogen) atoms. The molecule has 2 amide bonds. The van der Waals surface area contributed by atoms with E-state index in [2.05, 4.69) is 23.7 Å². The standard InChI is InChI=1S/C21H26N4O2.ClH/c1-4-24(5-2)15-9-13-19(26)25-17-11-7-6-10-16(17)21(27)23(3)18-12-8-14-22-20(18)25;/h6-8,10-12,14H,4-5,9,13,15H2,1-3H3;1H. The van der Waals surface area contributed by atoms with Gasteiger partial charge in [0.05, 0.1) is 16.9 Å². The number of halogens is 1. The van der Waals surface area contributed by atoms with Gasteiger partial charge < -0.3 is 9.80 Å². The fourth-order valence-corrected chi connectivity index (χ4v) is 3.43. The number of hydrogen-bond donors (Lipinski definition) is 0. The van der Waals surface area contributed by atoms with Gasteiger partial charge in [0.1, 0.15) is 0 Å². The SMILES string of the molecule is CCN(CC)CCCC(=O)N1c2ccccc2C(=O)N(C)c2cccnc21.Cl. The van der Waals surface area contributed by atoms with Crippen molar-refractivity contribution in [1.29, 1.82) is 0 Å². The zero-order chi connectivity index (χ0) is 19.4. The number of fused-ring (bicyclic) bond motifs is 2. The van der Waals surface area contributed by atoms with Crippen LogP contribution in [0.1, 0.15) is 37.0 Å². The Kier molecular flexibility index (Phi) is 7.54. The van der Waals surface area contributed by atoms with Crippen LogP contribution >= 0.6 is 12.4 Å². The third kappa shape index (κ3) is 4.18. The van der Waals surface area contributed by atoms with Crippen LogP contribution in [0.4, 0.5) is 17.2 Å². The van der Waals surface area contributed by atoms with Crippen molar-refractivity contribution in [3.63, 3.8) is 0 Å². The van der Waals surface area contributed by atoms with Gasteiger partial charge in [-0.2, -0.15) is 0 Å². The van der Waals surface area contributed by atoms with E-state index in [1.165, 1.54) is 0 Å². The molecule has 3 rings (SSSR count). The lowest BCUT2D eigenvalue weighted by atomic mass is 10.1. The fraction of sp³-hybridized carbons (Fsp3) is 0.381. The van der Waals surface area contributed by atoms with Crippen LogP contribution in [-0.2, 0) is 4.79 Å². The van der Waals surface area contributed by atoms with E-state index in [0.29, 0.717) is 29.2 Å². The molecule has 150 valence electrons. The molecule has 0 atom stereocenters. The largest absolute Gasteiger partial charge is 0.308 e. The number of pyridine rings is 1. The molecule has 0 saturated heterocycles. The summed E-state index contributed by atoms with van der Waals surface area (Å²) in [5.74, 6) is 0.321. The molecule has 0 bridgehead atoms. The van der Waals surface area contributed by atoms with E-state index in [1.54, 1.807) is 35.2 Å². The number of anilines is 3. The lowest BCUT2D eigenvalue weighted by Crippen LogP contribution is -2.29. The minimum Gasteiger partial charge on any atom is -0.308 e. The maximum atomic E-state index is 13.2. The van der Waals surface area contributed by atoms with Crippen molar-refractivity contribution in [3.8, 4) is 0 Å². The molecule has 1 aromatic carbocycles. The third-order valence-corrected chi connectivity index (χ3v) is 5.03. The van der Waals surface area contributed by atoms with Gasteiger partial charge in [-0.05, 0) is 50.3 Å². The number of hydrogen-bond acceptors (Lipinski definition) is 4. The summed E-state index contributed by atoms with van der Waals surface area (Å²) in [4.78, 5) is 36.0. The molecular formula is C21H27ClN4O2. The van der Waals surface area contributed by atoms with Crippen LogP contribution in [0.5, 0.6) is 0 Å². The van der Waals surface area contributed by atoms with Crippen molar-refractivity contribution in [2.45, 2.75) is 26.7 Å². The summed E-state index contributed by atoms with van der Waals surface area (Å²) in [6, 6.07) is 10.8. The summed E-state index contributed by atoms with van der Waals surface area (Å²) in [5.41, 5.74) is 1.74. The van der Waals surface area contributed by atoms with Crippen molar-refractivity contribution in [1.82, 2.24) is 9.88 Å². The average molecular weight is 403 g/mol. The fourth-order valence-electron chi connectivity index (χ4n) is 3.43. The van der Waals surface area contributed by atoms with Crippen LogP contribution < -0.4 is 9.80 Å². The lowest BCUT2D eigenvalue weighted by Gasteiger charge is -2.24. The Hall–Kier alpha value is -2.44. The van der Waals surface area contributed by atoms with E-state index in [9.17, 15) is 9.59 Å². The second kappa shape index (κ2) is 9.66. The predicted octanol–water partition coefficient (Wildman–Crippen LogP) is 3.88. The highest BCUT2D eigenvalue weighted by Crippen LogP contribution is 2.38. The van der Waals surface area contributed by atoms with E-state index in [0.717, 1.165) is 26.1 Å². The van der Waals surface area contributed by atoms with E-state index in [1.807, 2.05) is 24.3 Å². The van der Waals surface area contributed by atoms with Gasteiger partial charge in [-0.1, -0.05) is 26.0 Å². The Balaban J connectivity index is 0.00000280. The number of amides is 2. The van der Waals surface area contributed by atoms with Crippen LogP contribution in [-0.4, -0.2) is 48.4 Å². The smallest absolute Gasteiger partial charge is 0.260 e. The summed E-state index contributed by atoms with van der Waals surface area (Å²) in [6.07, 6.45) is 2.82. The number of nitrogens with zero attached hydrogens (tertiary/aromatic N) is 4. The summed E-state index contributed by atoms with van der Waals surface area (Å²) in [6.45, 7) is 7.07. The van der Waals surface area contributed by atoms with Gasteiger partial charge in [-0.15, -0.1) is 12.4 Å². The van der Waals surface area contributed by atoms with Gasteiger partial charge in [0.2, 0.25) is 5.91 Å². The number of carbonyl (C=O) groups is 2. The summed E-state index contributed by atoms with van der Waals surface area (Å²) < 4.78 is 0. The minimum absolute atomic E-state index is 0. The minimum atomic E-state index is -0.140. The Morgan fingerprint density at radius 3 is 2.46 bits per heavy atom. The van der Waals surface area contributed by atoms with E-state index in [4.69, 9.17) is 0 Å². The average Bonchev–Trinajstić information content (AvgIpc) is 2.79. The molecule has 0 fully saturated rings. The monoisotopic (exact) mass is 402 g/mol. The normalized spacial score (nSPS) is 12.9. The van der Waals surface area contributed by atoms with Crippen molar-refractivity contribution in [2.75, 3.05) is 36.5 Å². The van der Waals surface area contributed by atoms with Gasteiger partial charge in [0.15, 0.2) is 5.82 Å². The molecule has 0 spiro atoms. The highest BCUT2D eigenvalue weighted by Gasteiger charge is 2.32. The van der Waals surface area contributed by atoms with Crippen LogP contribution in [0, 0.1) is 0 Å². The highest BCUT2D eigenvalue weighted by molar-refractivity contribution is 6.17. The highest BCUT2D eigenvalue weighted by atomic mass is 35.5. The van der Waals surface area contributed by atoms with Crippen molar-refractivity contribution < 1.29 is 9.59 Å². The van der Waals surface area contributed by atoms with Gasteiger partial charge >= 0.3 is 0 Å². The first-order valence-electron chi connectivity index (χ1n) is 9.45. The van der Waals surface area contributed by atoms with Gasteiger partial charge in [0, 0.05) is 19.7 Å². The van der Waals surface area contributed by atoms with Crippen LogP contribution in [0.15, 0.2) is 42.6 Å². The molecule has 0 aliphatic carbocycles. The Labute approximate surface area is 172 Å². The molecular weight excluding hydrogens is 376 g/mol. The third-order valence-electron chi connectivity index (χ3n) is 5.03. The van der Waals surface area contributed by atoms with E-state index >= 15 is 0 Å². The Morgan fingerprint density at radius 2 is 1.75 bits per heavy atom. The Bertz CT molecular complexity index is 839. The quantitative estimate of drug-likeness (QED) is 0.735. The Morgan fingerprint density at radius 1 is 1.07 bits per heavy atom. The molecule has 6 nitrogen and oxygen atoms in total. The lowest BCUT2D eigenvalue weighted by molar-refractivity contribution is -0.118. The van der Waals surface area contributed by atoms with Crippen molar-refractivity contribution >= 4 is 41.4 Å². The topological polar surface area (TPSA) is 56.8 Å². The predicted molar refractivity (Wildman–Crippen MR) is 115 cm³/mol. The second-order valence-corrected chi connectivity index (χ2v) is 6.59. The number of rotatable bonds is 6. The number of para-hydroxylation sites is 1. The molecule has 2 aromatic rings. The zero-order valence-corrected chi connectivity index (χ0v) is 17.4. The van der Waals surface area contributed by atoms with Crippen molar-refractivity contribution in [2.24, 2.45) is 0 Å². The summed E-state index contributed by atoms with van der Waals surface area (Å²) >= 11 is 0. The molecule has 1 aliphatic heterocycles. The first-order chi connectivity index (χ1) is 13.1. The zero-order valence-electron chi connectivity index (χ0n) is 16.6. The van der Waals surface area contributed by atoms with Crippen LogP contribution in [0.2, 0.25) is 0 Å². The van der Waals surface area contributed by atoms with Gasteiger partial charge in [-0.3, -0.25) is 14.5 Å².